The van der Waals surface area contributed by atoms with Gasteiger partial charge in [0.05, 0.1) is 8.07 Å². The van der Waals surface area contributed by atoms with Crippen molar-refractivity contribution in [1.82, 2.24) is 0 Å². The molecule has 3 aliphatic rings. The van der Waals surface area contributed by atoms with Gasteiger partial charge in [-0.05, 0) is 50.3 Å². The fourth-order valence-electron chi connectivity index (χ4n) is 5.64. The molecule has 28 heavy (non-hydrogen) atoms. The molecule has 0 amide bonds. The van der Waals surface area contributed by atoms with Gasteiger partial charge in [0, 0.05) is 0 Å². The molecule has 0 N–H and O–H groups in total. The molecule has 0 heterocycles. The predicted octanol–water partition coefficient (Wildman–Crippen LogP) is 5.12. The van der Waals surface area contributed by atoms with Crippen LogP contribution in [-0.4, -0.2) is 8.07 Å². The van der Waals surface area contributed by atoms with Crippen molar-refractivity contribution in [3.63, 3.8) is 0 Å². The van der Waals surface area contributed by atoms with E-state index in [2.05, 4.69) is 86.7 Å². The van der Waals surface area contributed by atoms with Gasteiger partial charge in [-0.2, -0.15) is 17.2 Å². The van der Waals surface area contributed by atoms with Crippen LogP contribution in [0.3, 0.4) is 0 Å². The smallest absolute Gasteiger partial charge is 0.197 e. The van der Waals surface area contributed by atoms with Gasteiger partial charge in [0.1, 0.15) is 0 Å². The number of fused-ring (bicyclic) bond motifs is 1. The zero-order valence-corrected chi connectivity index (χ0v) is 21.1. The minimum Gasteiger partial charge on any atom is -0.197 e. The van der Waals surface area contributed by atoms with Crippen molar-refractivity contribution in [2.75, 3.05) is 0 Å². The Morgan fingerprint density at radius 3 is 1.93 bits per heavy atom. The van der Waals surface area contributed by atoms with E-state index in [4.69, 9.17) is 0 Å². The van der Waals surface area contributed by atoms with Gasteiger partial charge in [0.25, 0.3) is 0 Å². The second-order valence-corrected chi connectivity index (χ2v) is 14.7. The van der Waals surface area contributed by atoms with Crippen LogP contribution in [0.15, 0.2) is 62.3 Å². The van der Waals surface area contributed by atoms with Gasteiger partial charge in [-0.3, -0.25) is 0 Å². The van der Waals surface area contributed by atoms with Gasteiger partial charge in [-0.25, -0.2) is 0 Å². The molecule has 1 atom stereocenters. The first kappa shape index (κ1) is 23.5. The predicted molar refractivity (Wildman–Crippen MR) is 122 cm³/mol. The van der Waals surface area contributed by atoms with Crippen LogP contribution < -0.4 is 18.9 Å². The molecule has 146 valence electrons. The van der Waals surface area contributed by atoms with Crippen LogP contribution >= 0.6 is 0 Å². The van der Waals surface area contributed by atoms with Gasteiger partial charge in [0.2, 0.25) is 0 Å². The van der Waals surface area contributed by atoms with Gasteiger partial charge < -0.3 is 0 Å². The van der Waals surface area contributed by atoms with E-state index in [1.165, 1.54) is 22.3 Å². The van der Waals surface area contributed by atoms with Crippen molar-refractivity contribution < 1.29 is 18.9 Å². The van der Waals surface area contributed by atoms with E-state index in [-0.39, 0.29) is 18.9 Å². The maximum atomic E-state index is 4.04. The molecule has 0 radical (unpaired) electrons. The Kier molecular flexibility index (Phi) is 6.87. The SMILES string of the molecule is CC1=CC=C(C(C)C)CC2=C(C)C([Si](C)(C)C3C(C)=C(C)C(C)=C3C)[C-]=C12.[Li+]. The molecule has 1 unspecified atom stereocenters. The maximum Gasteiger partial charge on any atom is 1.00 e. The zero-order chi connectivity index (χ0) is 20.3. The third-order valence-electron chi connectivity index (χ3n) is 7.66. The molecule has 0 aromatic rings. The Labute approximate surface area is 186 Å². The zero-order valence-electron chi connectivity index (χ0n) is 20.1. The first-order valence-electron chi connectivity index (χ1n) is 10.5. The molecule has 0 aromatic carbocycles. The van der Waals surface area contributed by atoms with Crippen LogP contribution in [0.25, 0.3) is 0 Å². The van der Waals surface area contributed by atoms with Crippen molar-refractivity contribution in [3.05, 3.63) is 68.4 Å². The van der Waals surface area contributed by atoms with Gasteiger partial charge in [-0.15, -0.1) is 17.2 Å². The molecule has 0 bridgehead atoms. The Balaban J connectivity index is 0.00000280. The Morgan fingerprint density at radius 2 is 1.43 bits per heavy atom. The minimum atomic E-state index is -1.65. The summed E-state index contributed by atoms with van der Waals surface area (Å²) in [5, 5.41) is 0. The Bertz CT molecular complexity index is 844. The molecule has 0 nitrogen and oxygen atoms in total. The second kappa shape index (κ2) is 8.18. The largest absolute Gasteiger partial charge is 1.00 e. The first-order valence-corrected chi connectivity index (χ1v) is 13.7. The topological polar surface area (TPSA) is 0 Å². The third-order valence-corrected chi connectivity index (χ3v) is 12.1. The number of hydrogen-bond acceptors (Lipinski definition) is 0. The monoisotopic (exact) mass is 384 g/mol. The molecule has 2 heteroatoms. The van der Waals surface area contributed by atoms with E-state index in [0.29, 0.717) is 17.0 Å². The van der Waals surface area contributed by atoms with Crippen molar-refractivity contribution in [2.24, 2.45) is 5.92 Å². The summed E-state index contributed by atoms with van der Waals surface area (Å²) in [7, 11) is -1.65. The number of hydrogen-bond donors (Lipinski definition) is 0. The van der Waals surface area contributed by atoms with E-state index in [0.717, 1.165) is 6.42 Å². The average molecular weight is 385 g/mol. The molecular formula is C26H37LiSi. The van der Waals surface area contributed by atoms with Crippen molar-refractivity contribution >= 4 is 8.07 Å². The fraction of sp³-hybridized carbons (Fsp3) is 0.538. The van der Waals surface area contributed by atoms with E-state index < -0.39 is 8.07 Å². The maximum absolute atomic E-state index is 4.04. The van der Waals surface area contributed by atoms with Crippen LogP contribution in [0, 0.1) is 12.0 Å². The summed E-state index contributed by atoms with van der Waals surface area (Å²) >= 11 is 0. The average Bonchev–Trinajstić information content (AvgIpc) is 2.93. The van der Waals surface area contributed by atoms with Crippen LogP contribution in [0.4, 0.5) is 0 Å². The molecule has 3 aliphatic carbocycles. The van der Waals surface area contributed by atoms with Gasteiger partial charge in [0.15, 0.2) is 0 Å². The first-order chi connectivity index (χ1) is 12.5. The van der Waals surface area contributed by atoms with Crippen LogP contribution in [0.2, 0.25) is 24.2 Å². The van der Waals surface area contributed by atoms with Crippen LogP contribution in [-0.2, 0) is 0 Å². The summed E-state index contributed by atoms with van der Waals surface area (Å²) in [6.07, 6.45) is 9.83. The van der Waals surface area contributed by atoms with E-state index in [9.17, 15) is 0 Å². The summed E-state index contributed by atoms with van der Waals surface area (Å²) in [4.78, 5) is 0. The van der Waals surface area contributed by atoms with Crippen molar-refractivity contribution in [1.29, 1.82) is 0 Å². The Hall–Kier alpha value is -0.746. The standard InChI is InChI=1S/C26H37Si.Li/c1-15(2)22-12-11-16(3)23-14-25(21(8)24(23)13-22)27(9,10)26-19(6)17(4)18(5)20(26)7;/h11-12,15,25-26H,13H2,1-10H3;/q-1;+1. The molecule has 0 spiro atoms. The second-order valence-electron chi connectivity index (χ2n) is 9.91. The van der Waals surface area contributed by atoms with Gasteiger partial charge >= 0.3 is 18.9 Å². The quantitative estimate of drug-likeness (QED) is 0.468. The fourth-order valence-corrected chi connectivity index (χ4v) is 10.4. The van der Waals surface area contributed by atoms with E-state index in [1.807, 2.05) is 0 Å². The molecule has 0 saturated carbocycles. The summed E-state index contributed by atoms with van der Waals surface area (Å²) in [6.45, 7) is 23.9. The summed E-state index contributed by atoms with van der Waals surface area (Å²) in [6, 6.07) is 0. The van der Waals surface area contributed by atoms with E-state index in [1.54, 1.807) is 27.9 Å². The molecule has 0 fully saturated rings. The molecular weight excluding hydrogens is 347 g/mol. The molecule has 0 aliphatic heterocycles. The van der Waals surface area contributed by atoms with Crippen molar-refractivity contribution in [2.45, 2.75) is 86.0 Å². The number of allylic oxidation sites excluding steroid dienone is 12. The normalized spacial score (nSPS) is 23.7. The van der Waals surface area contributed by atoms with Crippen LogP contribution in [0.5, 0.6) is 0 Å². The summed E-state index contributed by atoms with van der Waals surface area (Å²) in [5.74, 6) is 0.605. The molecule has 0 aromatic heterocycles. The minimum absolute atomic E-state index is 0. The summed E-state index contributed by atoms with van der Waals surface area (Å²) < 4.78 is 0. The summed E-state index contributed by atoms with van der Waals surface area (Å²) in [5.41, 5.74) is 15.0. The molecule has 3 rings (SSSR count). The van der Waals surface area contributed by atoms with Gasteiger partial charge in [-0.1, -0.05) is 75.5 Å². The Morgan fingerprint density at radius 1 is 0.893 bits per heavy atom. The van der Waals surface area contributed by atoms with Crippen LogP contribution in [0.1, 0.15) is 61.8 Å². The number of rotatable bonds is 3. The van der Waals surface area contributed by atoms with Crippen molar-refractivity contribution in [3.8, 4) is 0 Å². The third kappa shape index (κ3) is 3.60. The van der Waals surface area contributed by atoms with E-state index >= 15 is 0 Å². The molecule has 0 saturated heterocycles.